The predicted octanol–water partition coefficient (Wildman–Crippen LogP) is 12.6. The molecule has 73 heavy (non-hydrogen) atoms. The van der Waals surface area contributed by atoms with E-state index in [0.29, 0.717) is 56.4 Å². The average Bonchev–Trinajstić information content (AvgIpc) is 3.78. The van der Waals surface area contributed by atoms with Crippen LogP contribution in [0, 0.1) is 22.3 Å². The number of nitrogens with one attached hydrogen (secondary N) is 1. The van der Waals surface area contributed by atoms with Crippen molar-refractivity contribution in [1.29, 1.82) is 0 Å². The Morgan fingerprint density at radius 2 is 0.822 bits per heavy atom. The van der Waals surface area contributed by atoms with Gasteiger partial charge in [-0.15, -0.1) is 0 Å². The van der Waals surface area contributed by atoms with Crippen LogP contribution in [-0.2, 0) is 98.1 Å². The molecule has 10 rings (SSSR count). The summed E-state index contributed by atoms with van der Waals surface area (Å²) in [4.78, 5) is 84.6. The summed E-state index contributed by atoms with van der Waals surface area (Å²) in [5.74, 6) is -0.767. The van der Waals surface area contributed by atoms with Gasteiger partial charge in [0.2, 0.25) is 34.7 Å². The molecule has 0 saturated heterocycles. The summed E-state index contributed by atoms with van der Waals surface area (Å²) in [5.41, 5.74) is 8.71. The van der Waals surface area contributed by atoms with E-state index < -0.39 is 11.6 Å². The number of ketones is 6. The maximum absolute atomic E-state index is 12.5. The third-order valence-corrected chi connectivity index (χ3v) is 10.2. The normalized spacial score (nSPS) is 11.5. The number of imidazole rings is 1. The molecule has 3 aromatic carbocycles. The topological polar surface area (TPSA) is 184 Å². The van der Waals surface area contributed by atoms with Crippen molar-refractivity contribution < 1.29 is 127 Å². The largest absolute Gasteiger partial charge is 0.384 e. The van der Waals surface area contributed by atoms with Crippen LogP contribution in [0.4, 0.5) is 11.6 Å². The zero-order valence-corrected chi connectivity index (χ0v) is 52.9. The van der Waals surface area contributed by atoms with Gasteiger partial charge < -0.3 is 33.3 Å². The van der Waals surface area contributed by atoms with Crippen molar-refractivity contribution in [3.05, 3.63) is 234 Å². The van der Waals surface area contributed by atoms with Crippen LogP contribution in [0.2, 0.25) is 0 Å². The van der Waals surface area contributed by atoms with Crippen LogP contribution >= 0.6 is 34.8 Å². The summed E-state index contributed by atoms with van der Waals surface area (Å²) in [6.07, 6.45) is 5.00. The molecule has 3 N–H and O–H groups in total. The summed E-state index contributed by atoms with van der Waals surface area (Å²) in [6, 6.07) is 36.0. The zero-order valence-electron chi connectivity index (χ0n) is 42.1. The smallest absolute Gasteiger partial charge is 0.214 e. The molecule has 0 fully saturated rings. The van der Waals surface area contributed by atoms with Crippen molar-refractivity contribution in [2.75, 3.05) is 11.1 Å². The first-order valence-electron chi connectivity index (χ1n) is 20.8. The molecule has 0 saturated carbocycles. The molecule has 3 aliphatic rings. The number of nitrogens with zero attached hydrogens (tertiary/aromatic N) is 4. The van der Waals surface area contributed by atoms with E-state index in [-0.39, 0.29) is 178 Å². The minimum Gasteiger partial charge on any atom is -0.384 e. The molecule has 12 nitrogen and oxygen atoms in total. The van der Waals surface area contributed by atoms with E-state index in [0.717, 1.165) is 0 Å². The molecule has 4 heterocycles. The zero-order chi connectivity index (χ0) is 48.5. The molecule has 3 aliphatic carbocycles. The maximum Gasteiger partial charge on any atom is 0.214 e. The number of nitrogen functional groups attached to an aromatic ring is 1. The van der Waals surface area contributed by atoms with Crippen LogP contribution in [0.1, 0.15) is 115 Å². The summed E-state index contributed by atoms with van der Waals surface area (Å²) >= 11 is 17.3. The molecule has 4 aromatic heterocycles. The van der Waals surface area contributed by atoms with Crippen molar-refractivity contribution in [1.82, 2.24) is 19.4 Å². The van der Waals surface area contributed by atoms with E-state index in [4.69, 9.17) is 40.5 Å². The molecule has 0 amide bonds. The Morgan fingerprint density at radius 3 is 1.22 bits per heavy atom. The number of fused-ring (bicyclic) bond motifs is 6. The number of carbonyl (C=O) groups excluding carboxylic acids is 6. The molecule has 6 radical (unpaired) electrons. The number of pyridine rings is 3. The number of rotatable bonds is 2. The molecule has 7 aromatic rings. The maximum atomic E-state index is 12.5. The molecule has 0 spiro atoms. The third-order valence-electron chi connectivity index (χ3n) is 9.05. The van der Waals surface area contributed by atoms with Crippen LogP contribution in [-0.4, -0.2) is 62.5 Å². The molecule has 0 unspecified atom stereocenters. The number of aromatic nitrogens is 4. The first-order chi connectivity index (χ1) is 32.0. The second kappa shape index (κ2) is 37.7. The van der Waals surface area contributed by atoms with Gasteiger partial charge in [-0.05, 0) is 36.4 Å². The summed E-state index contributed by atoms with van der Waals surface area (Å²) < 4.78 is 1.67. The van der Waals surface area contributed by atoms with Crippen molar-refractivity contribution in [2.24, 2.45) is 0 Å². The second-order valence-electron chi connectivity index (χ2n) is 12.8. The Labute approximate surface area is 521 Å². The van der Waals surface area contributed by atoms with Gasteiger partial charge in [-0.25, -0.2) is 15.0 Å². The van der Waals surface area contributed by atoms with Gasteiger partial charge in [0.05, 0.1) is 0 Å². The number of carbonyl (C=O) groups is 6. The number of halogens is 3. The van der Waals surface area contributed by atoms with E-state index in [1.807, 2.05) is 65.8 Å². The van der Waals surface area contributed by atoms with Gasteiger partial charge in [0.25, 0.3) is 0 Å². The molecule has 0 atom stereocenters. The second-order valence-corrected chi connectivity index (χ2v) is 13.9. The Balaban J connectivity index is -0.000000423. The van der Waals surface area contributed by atoms with Gasteiger partial charge in [0.1, 0.15) is 49.5 Å². The van der Waals surface area contributed by atoms with Crippen LogP contribution in [0.5, 0.6) is 0 Å². The Bertz CT molecular complexity index is 2950. The average molecular weight is 1270 g/mol. The number of Topliss-reactive ketones (excluding diaryl/α,β-unsaturated/α-hetero) is 4. The first-order valence-corrected chi connectivity index (χ1v) is 21.9. The third kappa shape index (κ3) is 18.1. The fourth-order valence-corrected chi connectivity index (χ4v) is 6.83. The van der Waals surface area contributed by atoms with E-state index in [9.17, 15) is 28.8 Å². The van der Waals surface area contributed by atoms with Gasteiger partial charge in [0.15, 0.2) is 0 Å². The molecule has 0 bridgehead atoms. The standard InChI is InChI=1S/C15H9ClN2O2.C15H8N2O2.C10H4Cl2O2.C5H6N2.3C2H6.3CH3.B.3Y/c16-12-13(18-11-7-3-4-8-17-11)15(20)10-6-2-1-5-9(10)14(12)19;18-14-9-5-1-2-6-10(9)15(19)13-12(14)16-11-7-3-4-8-17(11)13;11-7-8(12)10(14)6-4-2-1-3-5(6)9(7)13;6-5-3-1-2-4-7-5;3*1-2;;;;;;;/h1-8H,(H,17,18);1-8H;1-4H;1-4H,(H2,6,7);3*1-2H3;3*1H3;;;;/q;;;;;;;3*-1;;;;. The van der Waals surface area contributed by atoms with Crippen LogP contribution in [0.15, 0.2) is 167 Å². The fraction of sp³-hybridized carbons (Fsp3) is 0.111. The summed E-state index contributed by atoms with van der Waals surface area (Å²) in [5, 5.41) is 2.31. The number of anilines is 2. The number of hydrogen-bond donors (Lipinski definition) is 2. The van der Waals surface area contributed by atoms with Gasteiger partial charge in [0, 0.05) is 159 Å². The van der Waals surface area contributed by atoms with Crippen molar-refractivity contribution >= 4 is 95.2 Å². The number of benzene rings is 3. The summed E-state index contributed by atoms with van der Waals surface area (Å²) in [7, 11) is 0. The van der Waals surface area contributed by atoms with Gasteiger partial charge >= 0.3 is 0 Å². The fourth-order valence-electron chi connectivity index (χ4n) is 6.22. The van der Waals surface area contributed by atoms with E-state index in [2.05, 4.69) is 20.3 Å². The number of nitrogens with two attached hydrogens (primary N) is 1. The molecule has 372 valence electrons. The quantitative estimate of drug-likeness (QED) is 0.124. The van der Waals surface area contributed by atoms with Gasteiger partial charge in [-0.1, -0.05) is 167 Å². The molecule has 0 aliphatic heterocycles. The first kappa shape index (κ1) is 75.5. The Morgan fingerprint density at radius 1 is 0.452 bits per heavy atom. The van der Waals surface area contributed by atoms with Gasteiger partial charge in [-0.2, -0.15) is 0 Å². The van der Waals surface area contributed by atoms with Crippen molar-refractivity contribution in [2.45, 2.75) is 41.5 Å². The Hall–Kier alpha value is -4.00. The van der Waals surface area contributed by atoms with Crippen molar-refractivity contribution in [3.63, 3.8) is 0 Å². The van der Waals surface area contributed by atoms with Crippen LogP contribution in [0.25, 0.3) is 5.65 Å². The summed E-state index contributed by atoms with van der Waals surface area (Å²) in [6.45, 7) is 12.0. The van der Waals surface area contributed by atoms with Crippen LogP contribution < -0.4 is 11.1 Å². The monoisotopic (exact) mass is 1270 g/mol. The molecular weight excluding hydrogens is 1210 g/mol. The minimum atomic E-state index is -0.396. The minimum absolute atomic E-state index is 0. The van der Waals surface area contributed by atoms with Gasteiger partial charge in [-0.3, -0.25) is 33.2 Å². The molecule has 19 heteroatoms. The molecular formula is C54H54BCl3N6O6Y3-3. The van der Waals surface area contributed by atoms with Crippen molar-refractivity contribution in [3.8, 4) is 0 Å². The Kier molecular flexibility index (Phi) is 39.0. The predicted molar refractivity (Wildman–Crippen MR) is 286 cm³/mol. The SMILES string of the molecule is CC.CC.CC.Nc1ccccn1.O=C1C(Cl)=C(Cl)C(=O)c2ccccc21.O=C1C(Cl)=C(Nc2ccccn2)C(=O)c2ccccc21.O=C1c2ccccc2C(=O)c2c1nc1ccccn21.[B].[CH3-].[CH3-].[CH3-].[Y].[Y].[Y]. The van der Waals surface area contributed by atoms with Crippen LogP contribution in [0.3, 0.4) is 0 Å². The van der Waals surface area contributed by atoms with E-state index in [1.165, 1.54) is 0 Å². The van der Waals surface area contributed by atoms with E-state index in [1.54, 1.807) is 126 Å². The number of hydrogen-bond acceptors (Lipinski definition) is 11. The number of allylic oxidation sites excluding steroid dienone is 4. The van der Waals surface area contributed by atoms with E-state index >= 15 is 0 Å².